The average Bonchev–Trinajstić information content (AvgIpc) is 2.76. The molecule has 0 unspecified atom stereocenters. The third kappa shape index (κ3) is 8.45. The van der Waals surface area contributed by atoms with Gasteiger partial charge >= 0.3 is 0 Å². The van der Waals surface area contributed by atoms with Gasteiger partial charge in [0.25, 0.3) is 0 Å². The van der Waals surface area contributed by atoms with E-state index < -0.39 is 12.2 Å². The van der Waals surface area contributed by atoms with E-state index in [2.05, 4.69) is 0 Å². The Morgan fingerprint density at radius 2 is 0.964 bits per heavy atom. The molecular weight excluding hydrogens is 368 g/mol. The van der Waals surface area contributed by atoms with Gasteiger partial charge in [0.2, 0.25) is 0 Å². The van der Waals surface area contributed by atoms with E-state index >= 15 is 0 Å². The molecule has 8 nitrogen and oxygen atoms in total. The fourth-order valence-corrected chi connectivity index (χ4v) is 1.95. The highest BCUT2D eigenvalue weighted by Crippen LogP contribution is 2.26. The van der Waals surface area contributed by atoms with Crippen molar-refractivity contribution in [2.75, 3.05) is 40.6 Å². The van der Waals surface area contributed by atoms with Gasteiger partial charge in [0.15, 0.2) is 23.0 Å². The molecule has 0 bridgehead atoms. The predicted molar refractivity (Wildman–Crippen MR) is 103 cm³/mol. The van der Waals surface area contributed by atoms with E-state index in [0.717, 1.165) is 0 Å². The van der Waals surface area contributed by atoms with Crippen LogP contribution >= 0.6 is 0 Å². The zero-order valence-electron chi connectivity index (χ0n) is 16.0. The number of methoxy groups -OCH3 is 2. The predicted octanol–water partition coefficient (Wildman–Crippen LogP) is 0.854. The molecule has 0 aliphatic rings. The third-order valence-electron chi connectivity index (χ3n) is 3.42. The van der Waals surface area contributed by atoms with Crippen molar-refractivity contribution in [2.45, 2.75) is 12.2 Å². The van der Waals surface area contributed by atoms with E-state index in [1.165, 1.54) is 0 Å². The van der Waals surface area contributed by atoms with Gasteiger partial charge in [-0.15, -0.1) is 0 Å². The first kappa shape index (κ1) is 23.5. The van der Waals surface area contributed by atoms with Crippen molar-refractivity contribution in [3.63, 3.8) is 0 Å². The van der Waals surface area contributed by atoms with Crippen molar-refractivity contribution < 1.29 is 39.4 Å². The van der Waals surface area contributed by atoms with Gasteiger partial charge in [-0.2, -0.15) is 0 Å². The minimum absolute atomic E-state index is 0.0525. The molecule has 2 atom stereocenters. The van der Waals surface area contributed by atoms with E-state index in [0.29, 0.717) is 23.0 Å². The van der Waals surface area contributed by atoms with Gasteiger partial charge < -0.3 is 39.4 Å². The van der Waals surface area contributed by atoms with E-state index in [4.69, 9.17) is 39.4 Å². The molecule has 2 aromatic carbocycles. The molecule has 0 saturated carbocycles. The molecule has 28 heavy (non-hydrogen) atoms. The van der Waals surface area contributed by atoms with Crippen LogP contribution in [0.4, 0.5) is 0 Å². The zero-order chi connectivity index (χ0) is 20.8. The van der Waals surface area contributed by atoms with Crippen molar-refractivity contribution in [3.05, 3.63) is 48.5 Å². The van der Waals surface area contributed by atoms with Crippen LogP contribution in [-0.4, -0.2) is 73.3 Å². The van der Waals surface area contributed by atoms with Gasteiger partial charge in [-0.25, -0.2) is 0 Å². The number of benzene rings is 2. The summed E-state index contributed by atoms with van der Waals surface area (Å²) in [6.07, 6.45) is -1.72. The summed E-state index contributed by atoms with van der Waals surface area (Å²) in [5, 5.41) is 35.3. The van der Waals surface area contributed by atoms with Crippen molar-refractivity contribution in [2.24, 2.45) is 0 Å². The normalized spacial score (nSPS) is 12.2. The minimum Gasteiger partial charge on any atom is -0.493 e. The number of aliphatic hydroxyl groups is 4. The average molecular weight is 396 g/mol. The Morgan fingerprint density at radius 3 is 1.25 bits per heavy atom. The lowest BCUT2D eigenvalue weighted by atomic mass is 10.3. The van der Waals surface area contributed by atoms with Crippen molar-refractivity contribution in [1.29, 1.82) is 0 Å². The Morgan fingerprint density at radius 1 is 0.643 bits per heavy atom. The summed E-state index contributed by atoms with van der Waals surface area (Å²) in [7, 11) is 3.09. The number of rotatable bonds is 10. The summed E-state index contributed by atoms with van der Waals surface area (Å²) in [5.74, 6) is 2.33. The minimum atomic E-state index is -0.861. The molecule has 2 aromatic rings. The Bertz CT molecular complexity index is 607. The van der Waals surface area contributed by atoms with E-state index in [9.17, 15) is 0 Å². The molecule has 0 aliphatic heterocycles. The largest absolute Gasteiger partial charge is 0.493 e. The highest BCUT2D eigenvalue weighted by Gasteiger charge is 2.07. The summed E-state index contributed by atoms with van der Waals surface area (Å²) in [6, 6.07) is 14.3. The lowest BCUT2D eigenvalue weighted by Gasteiger charge is -2.12. The molecule has 0 radical (unpaired) electrons. The number of ether oxygens (including phenoxy) is 4. The molecule has 0 heterocycles. The molecule has 8 heteroatoms. The Kier molecular flexibility index (Phi) is 11.4. The monoisotopic (exact) mass is 396 g/mol. The van der Waals surface area contributed by atoms with Crippen LogP contribution in [0.15, 0.2) is 48.5 Å². The van der Waals surface area contributed by atoms with Crippen molar-refractivity contribution >= 4 is 0 Å². The highest BCUT2D eigenvalue weighted by molar-refractivity contribution is 5.39. The first-order valence-corrected chi connectivity index (χ1v) is 8.65. The molecular formula is C20H28O8. The molecule has 0 amide bonds. The second-order valence-corrected chi connectivity index (χ2v) is 5.60. The van der Waals surface area contributed by atoms with E-state index in [1.807, 2.05) is 24.3 Å². The molecule has 4 N–H and O–H groups in total. The fourth-order valence-electron chi connectivity index (χ4n) is 1.95. The number of aliphatic hydroxyl groups excluding tert-OH is 4. The van der Waals surface area contributed by atoms with Crippen molar-refractivity contribution in [3.8, 4) is 23.0 Å². The topological polar surface area (TPSA) is 118 Å². The first-order chi connectivity index (χ1) is 13.5. The molecule has 2 rings (SSSR count). The molecule has 0 fully saturated rings. The lowest BCUT2D eigenvalue weighted by molar-refractivity contribution is 0.0527. The molecule has 0 spiro atoms. The van der Waals surface area contributed by atoms with Crippen LogP contribution < -0.4 is 18.9 Å². The quantitative estimate of drug-likeness (QED) is 0.467. The van der Waals surface area contributed by atoms with Gasteiger partial charge in [0.05, 0.1) is 27.4 Å². The van der Waals surface area contributed by atoms with E-state index in [-0.39, 0.29) is 26.4 Å². The van der Waals surface area contributed by atoms with Crippen LogP contribution in [0.2, 0.25) is 0 Å². The summed E-state index contributed by atoms with van der Waals surface area (Å²) in [4.78, 5) is 0. The second kappa shape index (κ2) is 13.6. The number of para-hydroxylation sites is 4. The van der Waals surface area contributed by atoms with Gasteiger partial charge in [0.1, 0.15) is 25.4 Å². The smallest absolute Gasteiger partial charge is 0.161 e. The highest BCUT2D eigenvalue weighted by atomic mass is 16.5. The maximum absolute atomic E-state index is 9.07. The van der Waals surface area contributed by atoms with Crippen LogP contribution in [0.5, 0.6) is 23.0 Å². The van der Waals surface area contributed by atoms with Crippen LogP contribution in [-0.2, 0) is 0 Å². The molecule has 0 aromatic heterocycles. The summed E-state index contributed by atoms with van der Waals surface area (Å²) in [6.45, 7) is -0.516. The number of hydrogen-bond donors (Lipinski definition) is 4. The fraction of sp³-hybridized carbons (Fsp3) is 0.400. The Hall–Kier alpha value is -2.52. The summed E-state index contributed by atoms with van der Waals surface area (Å²) in [5.41, 5.74) is 0. The zero-order valence-corrected chi connectivity index (χ0v) is 16.0. The maximum atomic E-state index is 9.07. The van der Waals surface area contributed by atoms with Crippen molar-refractivity contribution in [1.82, 2.24) is 0 Å². The van der Waals surface area contributed by atoms with Crippen LogP contribution in [0.1, 0.15) is 0 Å². The van der Waals surface area contributed by atoms with Gasteiger partial charge in [-0.05, 0) is 24.3 Å². The van der Waals surface area contributed by atoms with E-state index in [1.54, 1.807) is 38.5 Å². The molecule has 0 saturated heterocycles. The Labute approximate surface area is 164 Å². The standard InChI is InChI=1S/2C10H14O4/c2*1-13-9-4-2-3-5-10(9)14-7-8(12)6-11/h2*2-5,8,11-12H,6-7H2,1H3/t2*8-/m10/s1. The maximum Gasteiger partial charge on any atom is 0.161 e. The summed E-state index contributed by atoms with van der Waals surface area (Å²) < 4.78 is 20.6. The summed E-state index contributed by atoms with van der Waals surface area (Å²) >= 11 is 0. The van der Waals surface area contributed by atoms with Gasteiger partial charge in [-0.1, -0.05) is 24.3 Å². The molecule has 0 aliphatic carbocycles. The third-order valence-corrected chi connectivity index (χ3v) is 3.42. The van der Waals surface area contributed by atoms with Crippen LogP contribution in [0, 0.1) is 0 Å². The second-order valence-electron chi connectivity index (χ2n) is 5.60. The van der Waals surface area contributed by atoms with Crippen LogP contribution in [0.25, 0.3) is 0 Å². The Balaban J connectivity index is 0.000000280. The lowest BCUT2D eigenvalue weighted by Crippen LogP contribution is -2.21. The number of hydrogen-bond acceptors (Lipinski definition) is 8. The first-order valence-electron chi connectivity index (χ1n) is 8.65. The van der Waals surface area contributed by atoms with Gasteiger partial charge in [0, 0.05) is 0 Å². The SMILES string of the molecule is COc1ccccc1OC[C@@H](O)CO.COc1ccccc1OC[C@H](O)CO. The van der Waals surface area contributed by atoms with Crippen LogP contribution in [0.3, 0.4) is 0 Å². The molecule has 156 valence electrons. The van der Waals surface area contributed by atoms with Gasteiger partial charge in [-0.3, -0.25) is 0 Å².